The molecule has 1 amide bonds. The van der Waals surface area contributed by atoms with Gasteiger partial charge in [0, 0.05) is 17.0 Å². The first kappa shape index (κ1) is 17.4. The fourth-order valence-electron chi connectivity index (χ4n) is 3.20. The largest absolute Gasteiger partial charge is 0.301 e. The van der Waals surface area contributed by atoms with Gasteiger partial charge in [0.15, 0.2) is 5.13 Å². The van der Waals surface area contributed by atoms with E-state index in [0.29, 0.717) is 5.13 Å². The Bertz CT molecular complexity index is 787. The molecule has 0 fully saturated rings. The number of hydrogen-bond acceptors (Lipinski definition) is 3. The van der Waals surface area contributed by atoms with Crippen LogP contribution in [0.15, 0.2) is 72.2 Å². The first-order valence-corrected chi connectivity index (χ1v) is 9.16. The molecule has 0 aliphatic rings. The lowest BCUT2D eigenvalue weighted by molar-refractivity contribution is -0.126. The predicted octanol–water partition coefficient (Wildman–Crippen LogP) is 5.11. The van der Waals surface area contributed by atoms with E-state index in [9.17, 15) is 4.79 Å². The Balaban J connectivity index is 2.09. The molecular weight excluding hydrogens is 328 g/mol. The second kappa shape index (κ2) is 6.81. The molecule has 0 saturated heterocycles. The van der Waals surface area contributed by atoms with Crippen molar-refractivity contribution >= 4 is 22.4 Å². The molecule has 4 heteroatoms. The SMILES string of the molecule is CC(C)(C(=O)Nc1nccs1)C(C)(c1ccccc1)c1ccccc1. The number of anilines is 1. The van der Waals surface area contributed by atoms with E-state index in [0.717, 1.165) is 11.1 Å². The predicted molar refractivity (Wildman–Crippen MR) is 104 cm³/mol. The first-order chi connectivity index (χ1) is 12.0. The molecule has 1 N–H and O–H groups in total. The summed E-state index contributed by atoms with van der Waals surface area (Å²) in [6.07, 6.45) is 1.70. The summed E-state index contributed by atoms with van der Waals surface area (Å²) in [5.41, 5.74) is 1.04. The Morgan fingerprint density at radius 2 is 1.44 bits per heavy atom. The van der Waals surface area contributed by atoms with Crippen LogP contribution in [0.25, 0.3) is 0 Å². The van der Waals surface area contributed by atoms with Crippen LogP contribution in [0.4, 0.5) is 5.13 Å². The third-order valence-electron chi connectivity index (χ3n) is 5.17. The topological polar surface area (TPSA) is 42.0 Å². The van der Waals surface area contributed by atoms with Gasteiger partial charge in [-0.2, -0.15) is 0 Å². The fourth-order valence-corrected chi connectivity index (χ4v) is 3.72. The third kappa shape index (κ3) is 3.10. The maximum absolute atomic E-state index is 13.2. The van der Waals surface area contributed by atoms with Gasteiger partial charge in [-0.3, -0.25) is 4.79 Å². The van der Waals surface area contributed by atoms with Crippen LogP contribution in [0, 0.1) is 5.41 Å². The lowest BCUT2D eigenvalue weighted by Gasteiger charge is -2.44. The number of benzene rings is 2. The summed E-state index contributed by atoms with van der Waals surface area (Å²) in [6, 6.07) is 20.4. The van der Waals surface area contributed by atoms with Gasteiger partial charge in [-0.25, -0.2) is 4.98 Å². The zero-order valence-corrected chi connectivity index (χ0v) is 15.5. The van der Waals surface area contributed by atoms with E-state index in [1.807, 2.05) is 55.6 Å². The molecule has 0 radical (unpaired) electrons. The Kier molecular flexibility index (Phi) is 4.73. The molecule has 2 aromatic carbocycles. The van der Waals surface area contributed by atoms with Gasteiger partial charge in [-0.05, 0) is 25.0 Å². The number of aromatic nitrogens is 1. The minimum atomic E-state index is -0.693. The van der Waals surface area contributed by atoms with E-state index >= 15 is 0 Å². The number of thiazole rings is 1. The van der Waals surface area contributed by atoms with Crippen LogP contribution in [0.3, 0.4) is 0 Å². The van der Waals surface area contributed by atoms with Crippen LogP contribution >= 0.6 is 11.3 Å². The number of amides is 1. The monoisotopic (exact) mass is 350 g/mol. The van der Waals surface area contributed by atoms with E-state index in [1.165, 1.54) is 11.3 Å². The highest BCUT2D eigenvalue weighted by molar-refractivity contribution is 7.13. The number of carbonyl (C=O) groups excluding carboxylic acids is 1. The maximum Gasteiger partial charge on any atom is 0.233 e. The average molecular weight is 350 g/mol. The van der Waals surface area contributed by atoms with Crippen molar-refractivity contribution < 1.29 is 4.79 Å². The summed E-state index contributed by atoms with van der Waals surface area (Å²) in [6.45, 7) is 6.13. The lowest BCUT2D eigenvalue weighted by atomic mass is 9.59. The van der Waals surface area contributed by atoms with Gasteiger partial charge in [0.25, 0.3) is 0 Å². The molecule has 0 aliphatic heterocycles. The van der Waals surface area contributed by atoms with E-state index in [1.54, 1.807) is 6.20 Å². The fraction of sp³-hybridized carbons (Fsp3) is 0.238. The standard InChI is InChI=1S/C21H22N2OS/c1-20(2,18(24)23-19-22-14-15-25-19)21(3,16-10-6-4-7-11-16)17-12-8-5-9-13-17/h4-15H,1-3H3,(H,22,23,24). The highest BCUT2D eigenvalue weighted by atomic mass is 32.1. The second-order valence-corrected chi connectivity index (χ2v) is 7.67. The van der Waals surface area contributed by atoms with Crippen molar-refractivity contribution in [1.82, 2.24) is 4.98 Å². The lowest BCUT2D eigenvalue weighted by Crippen LogP contribution is -2.48. The quantitative estimate of drug-likeness (QED) is 0.694. The second-order valence-electron chi connectivity index (χ2n) is 6.77. The molecule has 3 aromatic rings. The number of hydrogen-bond donors (Lipinski definition) is 1. The zero-order chi connectivity index (χ0) is 17.9. The molecule has 0 spiro atoms. The maximum atomic E-state index is 13.2. The highest BCUT2D eigenvalue weighted by Crippen LogP contribution is 2.47. The molecule has 0 atom stereocenters. The molecule has 0 bridgehead atoms. The van der Waals surface area contributed by atoms with Crippen LogP contribution in [0.5, 0.6) is 0 Å². The van der Waals surface area contributed by atoms with Crippen LogP contribution < -0.4 is 5.32 Å². The van der Waals surface area contributed by atoms with Gasteiger partial charge in [-0.15, -0.1) is 11.3 Å². The summed E-state index contributed by atoms with van der Waals surface area (Å²) in [4.78, 5) is 17.4. The molecule has 3 rings (SSSR count). The normalized spacial score (nSPS) is 12.0. The Morgan fingerprint density at radius 1 is 0.920 bits per heavy atom. The number of rotatable bonds is 5. The molecule has 0 aliphatic carbocycles. The summed E-state index contributed by atoms with van der Waals surface area (Å²) >= 11 is 1.43. The third-order valence-corrected chi connectivity index (χ3v) is 5.86. The Morgan fingerprint density at radius 3 is 1.88 bits per heavy atom. The van der Waals surface area contributed by atoms with Gasteiger partial charge < -0.3 is 5.32 Å². The van der Waals surface area contributed by atoms with Gasteiger partial charge in [0.2, 0.25) is 5.91 Å². The first-order valence-electron chi connectivity index (χ1n) is 8.28. The summed E-state index contributed by atoms with van der Waals surface area (Å²) < 4.78 is 0. The van der Waals surface area contributed by atoms with Crippen LogP contribution in [0.1, 0.15) is 31.9 Å². The average Bonchev–Trinajstić information content (AvgIpc) is 3.15. The van der Waals surface area contributed by atoms with E-state index in [-0.39, 0.29) is 5.91 Å². The van der Waals surface area contributed by atoms with E-state index < -0.39 is 10.8 Å². The van der Waals surface area contributed by atoms with Crippen molar-refractivity contribution in [3.8, 4) is 0 Å². The molecule has 1 heterocycles. The Hall–Kier alpha value is -2.46. The highest BCUT2D eigenvalue weighted by Gasteiger charge is 2.48. The molecular formula is C21H22N2OS. The summed E-state index contributed by atoms with van der Waals surface area (Å²) in [5.74, 6) is -0.0438. The summed E-state index contributed by atoms with van der Waals surface area (Å²) in [7, 11) is 0. The van der Waals surface area contributed by atoms with Crippen molar-refractivity contribution in [2.75, 3.05) is 5.32 Å². The molecule has 3 nitrogen and oxygen atoms in total. The number of nitrogens with one attached hydrogen (secondary N) is 1. The summed E-state index contributed by atoms with van der Waals surface area (Å²) in [5, 5.41) is 5.46. The van der Waals surface area contributed by atoms with Crippen LogP contribution in [-0.2, 0) is 10.2 Å². The van der Waals surface area contributed by atoms with Crippen molar-refractivity contribution in [1.29, 1.82) is 0 Å². The van der Waals surface area contributed by atoms with Gasteiger partial charge in [0.05, 0.1) is 5.41 Å². The number of nitrogens with zero attached hydrogens (tertiary/aromatic N) is 1. The minimum absolute atomic E-state index is 0.0438. The van der Waals surface area contributed by atoms with Crippen molar-refractivity contribution in [2.24, 2.45) is 5.41 Å². The van der Waals surface area contributed by atoms with E-state index in [2.05, 4.69) is 41.5 Å². The molecule has 25 heavy (non-hydrogen) atoms. The zero-order valence-electron chi connectivity index (χ0n) is 14.7. The minimum Gasteiger partial charge on any atom is -0.301 e. The Labute approximate surface area is 152 Å². The van der Waals surface area contributed by atoms with Crippen LogP contribution in [-0.4, -0.2) is 10.9 Å². The van der Waals surface area contributed by atoms with Crippen molar-refractivity contribution in [3.05, 3.63) is 83.4 Å². The van der Waals surface area contributed by atoms with Crippen LogP contribution in [0.2, 0.25) is 0 Å². The van der Waals surface area contributed by atoms with E-state index in [4.69, 9.17) is 0 Å². The van der Waals surface area contributed by atoms with Crippen molar-refractivity contribution in [3.63, 3.8) is 0 Å². The molecule has 1 aromatic heterocycles. The van der Waals surface area contributed by atoms with Crippen molar-refractivity contribution in [2.45, 2.75) is 26.2 Å². The number of carbonyl (C=O) groups is 1. The molecule has 128 valence electrons. The molecule has 0 unspecified atom stereocenters. The van der Waals surface area contributed by atoms with Gasteiger partial charge in [0.1, 0.15) is 0 Å². The smallest absolute Gasteiger partial charge is 0.233 e. The van der Waals surface area contributed by atoms with Gasteiger partial charge >= 0.3 is 0 Å². The molecule has 0 saturated carbocycles. The van der Waals surface area contributed by atoms with Gasteiger partial charge in [-0.1, -0.05) is 67.6 Å².